The first-order valence-electron chi connectivity index (χ1n) is 5.75. The second-order valence-corrected chi connectivity index (χ2v) is 4.75. The second-order valence-electron chi connectivity index (χ2n) is 4.75. The van der Waals surface area contributed by atoms with E-state index in [-0.39, 0.29) is 12.4 Å². The molecule has 3 nitrogen and oxygen atoms in total. The smallest absolute Gasteiger partial charge is 0.115 e. The highest BCUT2D eigenvalue weighted by molar-refractivity contribution is 5.28. The maximum absolute atomic E-state index is 9.90. The second kappa shape index (κ2) is 4.44. The first-order chi connectivity index (χ1) is 7.63. The predicted octanol–water partition coefficient (Wildman–Crippen LogP) is 1.77. The fraction of sp³-hybridized carbons (Fsp3) is 0.538. The van der Waals surface area contributed by atoms with Crippen LogP contribution in [0.1, 0.15) is 37.2 Å². The van der Waals surface area contributed by atoms with Gasteiger partial charge in [-0.2, -0.15) is 0 Å². The Kier molecular flexibility index (Phi) is 3.17. The highest BCUT2D eigenvalue weighted by atomic mass is 16.3. The lowest BCUT2D eigenvalue weighted by molar-refractivity contribution is -0.0456. The molecule has 88 valence electrons. The van der Waals surface area contributed by atoms with Crippen LogP contribution in [-0.2, 0) is 0 Å². The summed E-state index contributed by atoms with van der Waals surface area (Å²) in [5.74, 6) is 0.721. The van der Waals surface area contributed by atoms with Gasteiger partial charge in [0.2, 0.25) is 0 Å². The van der Waals surface area contributed by atoms with Crippen LogP contribution in [0, 0.1) is 0 Å². The molecular weight excluding hydrogens is 204 g/mol. The van der Waals surface area contributed by atoms with Crippen molar-refractivity contribution in [1.82, 2.24) is 0 Å². The van der Waals surface area contributed by atoms with E-state index in [1.54, 1.807) is 12.1 Å². The van der Waals surface area contributed by atoms with E-state index in [9.17, 15) is 10.2 Å². The van der Waals surface area contributed by atoms with Gasteiger partial charge in [0.15, 0.2) is 0 Å². The molecule has 1 fully saturated rings. The van der Waals surface area contributed by atoms with Gasteiger partial charge in [0.1, 0.15) is 5.75 Å². The number of hydrogen-bond donors (Lipinski definition) is 3. The van der Waals surface area contributed by atoms with Gasteiger partial charge in [-0.3, -0.25) is 0 Å². The van der Waals surface area contributed by atoms with Crippen molar-refractivity contribution in [3.8, 4) is 5.75 Å². The van der Waals surface area contributed by atoms with E-state index in [4.69, 9.17) is 5.11 Å². The van der Waals surface area contributed by atoms with Crippen molar-refractivity contribution in [2.75, 3.05) is 6.61 Å². The van der Waals surface area contributed by atoms with Crippen LogP contribution in [0.3, 0.4) is 0 Å². The van der Waals surface area contributed by atoms with Crippen molar-refractivity contribution in [3.63, 3.8) is 0 Å². The summed E-state index contributed by atoms with van der Waals surface area (Å²) in [6, 6.07) is 7.26. The molecule has 1 aliphatic rings. The Morgan fingerprint density at radius 2 is 1.69 bits per heavy atom. The van der Waals surface area contributed by atoms with E-state index in [2.05, 4.69) is 0 Å². The highest BCUT2D eigenvalue weighted by Gasteiger charge is 2.32. The molecule has 0 heterocycles. The molecule has 1 saturated carbocycles. The molecule has 0 saturated heterocycles. The largest absolute Gasteiger partial charge is 0.508 e. The van der Waals surface area contributed by atoms with Gasteiger partial charge in [0.05, 0.1) is 12.2 Å². The molecule has 1 aromatic rings. The molecule has 0 radical (unpaired) electrons. The molecule has 0 amide bonds. The molecule has 1 aromatic carbocycles. The summed E-state index contributed by atoms with van der Waals surface area (Å²) in [6.45, 7) is -0.144. The Hall–Kier alpha value is -1.06. The molecule has 16 heavy (non-hydrogen) atoms. The lowest BCUT2D eigenvalue weighted by Crippen LogP contribution is -2.37. The summed E-state index contributed by atoms with van der Waals surface area (Å²) in [7, 11) is 0. The molecule has 0 aromatic heterocycles. The van der Waals surface area contributed by atoms with Crippen LogP contribution in [0.4, 0.5) is 0 Å². The minimum Gasteiger partial charge on any atom is -0.508 e. The van der Waals surface area contributed by atoms with E-state index in [0.717, 1.165) is 12.8 Å². The molecule has 0 spiro atoms. The van der Waals surface area contributed by atoms with Gasteiger partial charge >= 0.3 is 0 Å². The van der Waals surface area contributed by atoms with Crippen LogP contribution in [0.2, 0.25) is 0 Å². The quantitative estimate of drug-likeness (QED) is 0.714. The minimum absolute atomic E-state index is 0.144. The molecule has 0 bridgehead atoms. The summed E-state index contributed by atoms with van der Waals surface area (Å²) >= 11 is 0. The summed E-state index contributed by atoms with van der Waals surface area (Å²) < 4.78 is 0. The SMILES string of the molecule is OC[C@]1(O)CC[C@H](c2ccc(O)cc2)CC1. The standard InChI is InChI=1S/C13H18O3/c14-9-13(16)7-5-11(6-8-13)10-1-3-12(15)4-2-10/h1-4,11,14-16H,5-9H2/t11-,13-. The van der Waals surface area contributed by atoms with Crippen molar-refractivity contribution >= 4 is 0 Å². The molecule has 1 aliphatic carbocycles. The van der Waals surface area contributed by atoms with E-state index in [1.165, 1.54) is 5.56 Å². The Morgan fingerprint density at radius 3 is 2.19 bits per heavy atom. The van der Waals surface area contributed by atoms with Crippen LogP contribution >= 0.6 is 0 Å². The van der Waals surface area contributed by atoms with Gasteiger partial charge in [-0.15, -0.1) is 0 Å². The zero-order valence-electron chi connectivity index (χ0n) is 9.26. The maximum atomic E-state index is 9.90. The van der Waals surface area contributed by atoms with Crippen LogP contribution in [0.5, 0.6) is 5.75 Å². The maximum Gasteiger partial charge on any atom is 0.115 e. The van der Waals surface area contributed by atoms with Gasteiger partial charge in [0, 0.05) is 0 Å². The van der Waals surface area contributed by atoms with E-state index < -0.39 is 5.60 Å². The normalized spacial score (nSPS) is 30.2. The Morgan fingerprint density at radius 1 is 1.12 bits per heavy atom. The third-order valence-corrected chi connectivity index (χ3v) is 3.58. The molecule has 3 heteroatoms. The fourth-order valence-electron chi connectivity index (χ4n) is 2.39. The van der Waals surface area contributed by atoms with Crippen LogP contribution in [0.25, 0.3) is 0 Å². The minimum atomic E-state index is -0.868. The van der Waals surface area contributed by atoms with Crippen LogP contribution < -0.4 is 0 Å². The van der Waals surface area contributed by atoms with Gasteiger partial charge in [-0.1, -0.05) is 12.1 Å². The summed E-state index contributed by atoms with van der Waals surface area (Å²) in [4.78, 5) is 0. The Balaban J connectivity index is 2.01. The number of phenols is 1. The molecule has 2 rings (SSSR count). The lowest BCUT2D eigenvalue weighted by Gasteiger charge is -2.34. The lowest BCUT2D eigenvalue weighted by atomic mass is 9.76. The van der Waals surface area contributed by atoms with E-state index >= 15 is 0 Å². The summed E-state index contributed by atoms with van der Waals surface area (Å²) in [5, 5.41) is 28.2. The number of aliphatic hydroxyl groups excluding tert-OH is 1. The fourth-order valence-corrected chi connectivity index (χ4v) is 2.39. The zero-order valence-corrected chi connectivity index (χ0v) is 9.26. The monoisotopic (exact) mass is 222 g/mol. The van der Waals surface area contributed by atoms with Crippen molar-refractivity contribution in [3.05, 3.63) is 29.8 Å². The first-order valence-corrected chi connectivity index (χ1v) is 5.75. The van der Waals surface area contributed by atoms with Gasteiger partial charge < -0.3 is 15.3 Å². The number of aliphatic hydroxyl groups is 2. The van der Waals surface area contributed by atoms with Gasteiger partial charge in [-0.05, 0) is 49.3 Å². The number of aromatic hydroxyl groups is 1. The number of hydrogen-bond acceptors (Lipinski definition) is 3. The molecule has 3 N–H and O–H groups in total. The summed E-state index contributed by atoms with van der Waals surface area (Å²) in [5.41, 5.74) is 0.339. The summed E-state index contributed by atoms with van der Waals surface area (Å²) in [6.07, 6.45) is 3.08. The van der Waals surface area contributed by atoms with Crippen LogP contribution in [-0.4, -0.2) is 27.5 Å². The third kappa shape index (κ3) is 2.36. The molecule has 0 atom stereocenters. The zero-order chi connectivity index (χ0) is 11.6. The third-order valence-electron chi connectivity index (χ3n) is 3.58. The van der Waals surface area contributed by atoms with E-state index in [1.807, 2.05) is 12.1 Å². The Labute approximate surface area is 95.4 Å². The Bertz CT molecular complexity index is 337. The number of benzene rings is 1. The van der Waals surface area contributed by atoms with Crippen molar-refractivity contribution < 1.29 is 15.3 Å². The first kappa shape index (κ1) is 11.4. The molecular formula is C13H18O3. The average Bonchev–Trinajstić information content (AvgIpc) is 2.32. The predicted molar refractivity (Wildman–Crippen MR) is 61.4 cm³/mol. The average molecular weight is 222 g/mol. The van der Waals surface area contributed by atoms with Crippen molar-refractivity contribution in [2.24, 2.45) is 0 Å². The molecule has 0 unspecified atom stereocenters. The van der Waals surface area contributed by atoms with Crippen molar-refractivity contribution in [2.45, 2.75) is 37.2 Å². The number of rotatable bonds is 2. The topological polar surface area (TPSA) is 60.7 Å². The van der Waals surface area contributed by atoms with E-state index in [0.29, 0.717) is 18.8 Å². The molecule has 0 aliphatic heterocycles. The van der Waals surface area contributed by atoms with Gasteiger partial charge in [0.25, 0.3) is 0 Å². The van der Waals surface area contributed by atoms with Gasteiger partial charge in [-0.25, -0.2) is 0 Å². The van der Waals surface area contributed by atoms with Crippen molar-refractivity contribution in [1.29, 1.82) is 0 Å². The number of phenolic OH excluding ortho intramolecular Hbond substituents is 1. The highest BCUT2D eigenvalue weighted by Crippen LogP contribution is 2.37. The van der Waals surface area contributed by atoms with Crippen LogP contribution in [0.15, 0.2) is 24.3 Å².